The average Bonchev–Trinajstić information content (AvgIpc) is 2.87. The van der Waals surface area contributed by atoms with Gasteiger partial charge in [0.2, 0.25) is 5.91 Å². The average molecular weight is 369 g/mol. The zero-order valence-electron chi connectivity index (χ0n) is 15.1. The molecule has 0 saturated heterocycles. The number of fused-ring (bicyclic) bond motifs is 1. The van der Waals surface area contributed by atoms with E-state index in [0.29, 0.717) is 0 Å². The smallest absolute Gasteiger partial charge is 0.326 e. The van der Waals surface area contributed by atoms with Gasteiger partial charge in [0.25, 0.3) is 5.56 Å². The topological polar surface area (TPSA) is 101 Å². The Morgan fingerprint density at radius 3 is 2.63 bits per heavy atom. The summed E-state index contributed by atoms with van der Waals surface area (Å²) in [4.78, 5) is 36.1. The molecule has 142 valence electrons. The van der Waals surface area contributed by atoms with Gasteiger partial charge in [-0.15, -0.1) is 0 Å². The molecule has 0 radical (unpaired) electrons. The van der Waals surface area contributed by atoms with Crippen LogP contribution in [0.3, 0.4) is 0 Å². The van der Waals surface area contributed by atoms with Gasteiger partial charge in [-0.3, -0.25) is 9.59 Å². The number of carboxylic acid groups (broad SMARTS) is 1. The third kappa shape index (κ3) is 5.03. The van der Waals surface area contributed by atoms with Crippen molar-refractivity contribution in [2.45, 2.75) is 51.1 Å². The van der Waals surface area contributed by atoms with Crippen molar-refractivity contribution in [1.29, 1.82) is 0 Å². The van der Waals surface area contributed by atoms with Crippen LogP contribution in [0.5, 0.6) is 0 Å². The molecule has 2 N–H and O–H groups in total. The summed E-state index contributed by atoms with van der Waals surface area (Å²) in [5.41, 5.74) is 2.30. The molecular formula is C20H23N3O4. The minimum atomic E-state index is -1.12. The Hall–Kier alpha value is -2.96. The molecule has 1 aromatic heterocycles. The molecule has 1 amide bonds. The Morgan fingerprint density at radius 2 is 1.89 bits per heavy atom. The molecule has 0 unspecified atom stereocenters. The van der Waals surface area contributed by atoms with Gasteiger partial charge >= 0.3 is 5.97 Å². The number of rotatable bonds is 6. The summed E-state index contributed by atoms with van der Waals surface area (Å²) in [5.74, 6) is -1.66. The first-order valence-electron chi connectivity index (χ1n) is 9.19. The summed E-state index contributed by atoms with van der Waals surface area (Å²) in [6.07, 6.45) is 4.96. The lowest BCUT2D eigenvalue weighted by Gasteiger charge is -2.15. The van der Waals surface area contributed by atoms with Crippen molar-refractivity contribution >= 4 is 11.9 Å². The Balaban J connectivity index is 1.69. The number of aliphatic carboxylic acids is 1. The van der Waals surface area contributed by atoms with E-state index >= 15 is 0 Å². The summed E-state index contributed by atoms with van der Waals surface area (Å²) < 4.78 is 1.13. The predicted molar refractivity (Wildman–Crippen MR) is 99.5 cm³/mol. The SMILES string of the molecule is O=C(Cn1nc2c(cc1=O)CCCCC2)N[C@H](Cc1ccccc1)C(=O)O. The fourth-order valence-corrected chi connectivity index (χ4v) is 3.32. The van der Waals surface area contributed by atoms with Gasteiger partial charge in [0.05, 0.1) is 5.69 Å². The number of carbonyl (C=O) groups excluding carboxylic acids is 1. The standard InChI is InChI=1S/C20H23N3O4/c24-18(21-17(20(26)27)11-14-7-3-1-4-8-14)13-23-19(25)12-15-9-5-2-6-10-16(15)22-23/h1,3-4,7-8,12,17H,2,5-6,9-11,13H2,(H,21,24)(H,26,27)/t17-/m1/s1. The minimum absolute atomic E-state index is 0.175. The number of nitrogens with one attached hydrogen (secondary N) is 1. The fourth-order valence-electron chi connectivity index (χ4n) is 3.32. The molecule has 1 aliphatic carbocycles. The highest BCUT2D eigenvalue weighted by atomic mass is 16.4. The molecule has 0 bridgehead atoms. The summed E-state index contributed by atoms with van der Waals surface area (Å²) in [5, 5.41) is 16.2. The third-order valence-electron chi connectivity index (χ3n) is 4.73. The molecule has 3 rings (SSSR count). The van der Waals surface area contributed by atoms with Crippen molar-refractivity contribution in [2.24, 2.45) is 0 Å². The normalized spacial score (nSPS) is 14.7. The number of aromatic nitrogens is 2. The maximum absolute atomic E-state index is 12.3. The fraction of sp³-hybridized carbons (Fsp3) is 0.400. The van der Waals surface area contributed by atoms with Crippen LogP contribution >= 0.6 is 0 Å². The number of nitrogens with zero attached hydrogens (tertiary/aromatic N) is 2. The second-order valence-electron chi connectivity index (χ2n) is 6.82. The largest absolute Gasteiger partial charge is 0.480 e. The predicted octanol–water partition coefficient (Wildman–Crippen LogP) is 1.32. The van der Waals surface area contributed by atoms with Gasteiger partial charge in [-0.2, -0.15) is 5.10 Å². The van der Waals surface area contributed by atoms with Crippen molar-refractivity contribution in [2.75, 3.05) is 0 Å². The van der Waals surface area contributed by atoms with Gasteiger partial charge in [0.1, 0.15) is 12.6 Å². The lowest BCUT2D eigenvalue weighted by atomic mass is 10.1. The van der Waals surface area contributed by atoms with E-state index < -0.39 is 17.9 Å². The highest BCUT2D eigenvalue weighted by molar-refractivity contribution is 5.83. The Morgan fingerprint density at radius 1 is 1.15 bits per heavy atom. The molecule has 0 saturated carbocycles. The van der Waals surface area contributed by atoms with Gasteiger partial charge < -0.3 is 10.4 Å². The van der Waals surface area contributed by atoms with Crippen LogP contribution in [-0.2, 0) is 35.4 Å². The molecule has 1 aliphatic rings. The lowest BCUT2D eigenvalue weighted by Crippen LogP contribution is -2.45. The number of benzene rings is 1. The van der Waals surface area contributed by atoms with Crippen LogP contribution in [-0.4, -0.2) is 32.8 Å². The monoisotopic (exact) mass is 369 g/mol. The number of hydrogen-bond acceptors (Lipinski definition) is 4. The van der Waals surface area contributed by atoms with Crippen LogP contribution in [0.4, 0.5) is 0 Å². The van der Waals surface area contributed by atoms with Crippen LogP contribution in [0.1, 0.15) is 36.1 Å². The summed E-state index contributed by atoms with van der Waals surface area (Å²) in [7, 11) is 0. The van der Waals surface area contributed by atoms with Crippen molar-refractivity contribution < 1.29 is 14.7 Å². The molecule has 2 aromatic rings. The molecule has 1 heterocycles. The summed E-state index contributed by atoms with van der Waals surface area (Å²) >= 11 is 0. The van der Waals surface area contributed by atoms with E-state index in [2.05, 4.69) is 10.4 Å². The molecule has 7 nitrogen and oxygen atoms in total. The van der Waals surface area contributed by atoms with Gasteiger partial charge in [0, 0.05) is 12.5 Å². The van der Waals surface area contributed by atoms with E-state index in [4.69, 9.17) is 0 Å². The van der Waals surface area contributed by atoms with Crippen LogP contribution in [0.25, 0.3) is 0 Å². The Labute approximate surface area is 157 Å². The minimum Gasteiger partial charge on any atom is -0.480 e. The van der Waals surface area contributed by atoms with E-state index in [1.165, 1.54) is 0 Å². The van der Waals surface area contributed by atoms with Crippen molar-refractivity contribution in [3.05, 3.63) is 63.6 Å². The molecule has 0 aliphatic heterocycles. The zero-order valence-corrected chi connectivity index (χ0v) is 15.1. The van der Waals surface area contributed by atoms with Gasteiger partial charge in [-0.1, -0.05) is 36.8 Å². The van der Waals surface area contributed by atoms with Gasteiger partial charge in [0.15, 0.2) is 0 Å². The molecule has 7 heteroatoms. The molecule has 0 fully saturated rings. The third-order valence-corrected chi connectivity index (χ3v) is 4.73. The first kappa shape index (κ1) is 18.8. The molecule has 0 spiro atoms. The highest BCUT2D eigenvalue weighted by Crippen LogP contribution is 2.16. The van der Waals surface area contributed by atoms with E-state index in [1.807, 2.05) is 18.2 Å². The molecular weight excluding hydrogens is 346 g/mol. The van der Waals surface area contributed by atoms with Crippen LogP contribution in [0.15, 0.2) is 41.2 Å². The zero-order chi connectivity index (χ0) is 19.2. The molecule has 1 atom stereocenters. The van der Waals surface area contributed by atoms with Crippen molar-refractivity contribution in [3.63, 3.8) is 0 Å². The van der Waals surface area contributed by atoms with Crippen LogP contribution < -0.4 is 10.9 Å². The summed E-state index contributed by atoms with van der Waals surface area (Å²) in [6, 6.07) is 9.58. The first-order valence-corrected chi connectivity index (χ1v) is 9.19. The number of carboxylic acids is 1. The Bertz CT molecular complexity index is 877. The number of hydrogen-bond donors (Lipinski definition) is 2. The lowest BCUT2D eigenvalue weighted by molar-refractivity contribution is -0.141. The van der Waals surface area contributed by atoms with Gasteiger partial charge in [-0.25, -0.2) is 9.48 Å². The molecule has 1 aromatic carbocycles. The van der Waals surface area contributed by atoms with E-state index in [9.17, 15) is 19.5 Å². The maximum Gasteiger partial charge on any atom is 0.326 e. The van der Waals surface area contributed by atoms with E-state index in [0.717, 1.165) is 53.6 Å². The second kappa shape index (κ2) is 8.62. The first-order chi connectivity index (χ1) is 13.0. The summed E-state index contributed by atoms with van der Waals surface area (Å²) in [6.45, 7) is -0.287. The van der Waals surface area contributed by atoms with Gasteiger partial charge in [-0.05, 0) is 36.8 Å². The molecule has 27 heavy (non-hydrogen) atoms. The van der Waals surface area contributed by atoms with E-state index in [-0.39, 0.29) is 18.5 Å². The van der Waals surface area contributed by atoms with E-state index in [1.54, 1.807) is 18.2 Å². The van der Waals surface area contributed by atoms with Crippen molar-refractivity contribution in [3.8, 4) is 0 Å². The highest BCUT2D eigenvalue weighted by Gasteiger charge is 2.21. The Kier molecular flexibility index (Phi) is 6.01. The quantitative estimate of drug-likeness (QED) is 0.748. The number of amides is 1. The number of carbonyl (C=O) groups is 2. The maximum atomic E-state index is 12.3. The van der Waals surface area contributed by atoms with Crippen molar-refractivity contribution in [1.82, 2.24) is 15.1 Å². The second-order valence-corrected chi connectivity index (χ2v) is 6.82. The van der Waals surface area contributed by atoms with Crippen LogP contribution in [0.2, 0.25) is 0 Å². The number of aryl methyl sites for hydroxylation is 2. The van der Waals surface area contributed by atoms with Crippen LogP contribution in [0, 0.1) is 0 Å².